The van der Waals surface area contributed by atoms with E-state index in [-0.39, 0.29) is 12.1 Å². The Kier molecular flexibility index (Phi) is 3.09. The van der Waals surface area contributed by atoms with Crippen LogP contribution in [0.2, 0.25) is 10.0 Å². The van der Waals surface area contributed by atoms with Gasteiger partial charge in [0.2, 0.25) is 0 Å². The van der Waals surface area contributed by atoms with Gasteiger partial charge in [-0.3, -0.25) is 4.90 Å². The molecule has 2 amide bonds. The van der Waals surface area contributed by atoms with Crippen molar-refractivity contribution in [2.24, 2.45) is 0 Å². The van der Waals surface area contributed by atoms with Gasteiger partial charge in [-0.15, -0.1) is 0 Å². The normalized spacial score (nSPS) is 23.4. The van der Waals surface area contributed by atoms with Crippen LogP contribution >= 0.6 is 23.2 Å². The first-order valence-electron chi connectivity index (χ1n) is 5.78. The number of amides is 2. The molecular weight excluding hydrogens is 275 g/mol. The Bertz CT molecular complexity index is 495. The summed E-state index contributed by atoms with van der Waals surface area (Å²) in [6.45, 7) is 2.50. The maximum Gasteiger partial charge on any atom is 0.325 e. The number of rotatable bonds is 1. The molecule has 1 unspecified atom stereocenters. The van der Waals surface area contributed by atoms with Gasteiger partial charge in [0.1, 0.15) is 0 Å². The molecular formula is C12H12Cl2N2O2. The molecule has 0 aliphatic carbocycles. The Labute approximate surface area is 115 Å². The van der Waals surface area contributed by atoms with Gasteiger partial charge in [0.05, 0.1) is 35.8 Å². The minimum Gasteiger partial charge on any atom is -0.377 e. The predicted molar refractivity (Wildman–Crippen MR) is 70.5 cm³/mol. The van der Waals surface area contributed by atoms with E-state index in [4.69, 9.17) is 27.9 Å². The molecule has 3 rings (SSSR count). The van der Waals surface area contributed by atoms with Crippen molar-refractivity contribution in [1.82, 2.24) is 4.90 Å². The summed E-state index contributed by atoms with van der Waals surface area (Å²) in [6.07, 6.45) is 0. The maximum absolute atomic E-state index is 12.3. The molecule has 0 spiro atoms. The number of fused-ring (bicyclic) bond motifs is 1. The second-order valence-corrected chi connectivity index (χ2v) is 5.23. The van der Waals surface area contributed by atoms with E-state index in [9.17, 15) is 4.79 Å². The van der Waals surface area contributed by atoms with Crippen LogP contribution in [0.15, 0.2) is 18.2 Å². The van der Waals surface area contributed by atoms with Crippen LogP contribution in [0.1, 0.15) is 0 Å². The van der Waals surface area contributed by atoms with Crippen molar-refractivity contribution in [3.8, 4) is 0 Å². The van der Waals surface area contributed by atoms with Crippen LogP contribution in [-0.4, -0.2) is 43.3 Å². The molecule has 1 aromatic rings. The Morgan fingerprint density at radius 2 is 2.11 bits per heavy atom. The van der Waals surface area contributed by atoms with Crippen molar-refractivity contribution < 1.29 is 9.53 Å². The number of urea groups is 1. The number of morpholine rings is 1. The zero-order valence-electron chi connectivity index (χ0n) is 9.60. The fourth-order valence-electron chi connectivity index (χ4n) is 2.37. The molecule has 0 bridgehead atoms. The zero-order chi connectivity index (χ0) is 12.7. The highest BCUT2D eigenvalue weighted by Crippen LogP contribution is 2.31. The number of benzene rings is 1. The van der Waals surface area contributed by atoms with Crippen molar-refractivity contribution in [2.45, 2.75) is 6.04 Å². The number of hydrogen-bond acceptors (Lipinski definition) is 2. The molecule has 2 saturated heterocycles. The Balaban J connectivity index is 1.88. The summed E-state index contributed by atoms with van der Waals surface area (Å²) < 4.78 is 5.39. The van der Waals surface area contributed by atoms with Crippen LogP contribution in [0.3, 0.4) is 0 Å². The first-order valence-corrected chi connectivity index (χ1v) is 6.53. The Hall–Kier alpha value is -0.970. The van der Waals surface area contributed by atoms with Gasteiger partial charge in [0.15, 0.2) is 0 Å². The highest BCUT2D eigenvalue weighted by Gasteiger charge is 2.39. The van der Waals surface area contributed by atoms with Gasteiger partial charge in [0, 0.05) is 12.2 Å². The topological polar surface area (TPSA) is 32.8 Å². The quantitative estimate of drug-likeness (QED) is 0.795. The highest BCUT2D eigenvalue weighted by atomic mass is 35.5. The fraction of sp³-hybridized carbons (Fsp3) is 0.417. The van der Waals surface area contributed by atoms with Gasteiger partial charge in [-0.2, -0.15) is 0 Å². The average Bonchev–Trinajstić information content (AvgIpc) is 2.71. The minimum atomic E-state index is 0.0155. The van der Waals surface area contributed by atoms with Crippen molar-refractivity contribution in [1.29, 1.82) is 0 Å². The summed E-state index contributed by atoms with van der Waals surface area (Å²) in [5, 5.41) is 0.955. The van der Waals surface area contributed by atoms with Gasteiger partial charge in [0.25, 0.3) is 0 Å². The van der Waals surface area contributed by atoms with E-state index < -0.39 is 0 Å². The molecule has 96 valence electrons. The summed E-state index contributed by atoms with van der Waals surface area (Å²) in [5.74, 6) is 0. The lowest BCUT2D eigenvalue weighted by Gasteiger charge is -2.27. The number of ether oxygens (including phenoxy) is 1. The number of halogens is 2. The smallest absolute Gasteiger partial charge is 0.325 e. The number of nitrogens with zero attached hydrogens (tertiary/aromatic N) is 2. The molecule has 6 heteroatoms. The second-order valence-electron chi connectivity index (χ2n) is 4.41. The standard InChI is InChI=1S/C12H12Cl2N2O2/c13-10-2-1-8(5-11(10)14)16-6-9-7-18-4-3-15(9)12(16)17/h1-2,5,9H,3-4,6-7H2. The van der Waals surface area contributed by atoms with Crippen molar-refractivity contribution >= 4 is 34.9 Å². The molecule has 2 fully saturated rings. The maximum atomic E-state index is 12.3. The molecule has 0 radical (unpaired) electrons. The Morgan fingerprint density at radius 1 is 1.28 bits per heavy atom. The second kappa shape index (κ2) is 4.61. The van der Waals surface area contributed by atoms with E-state index in [0.29, 0.717) is 36.3 Å². The first-order chi connectivity index (χ1) is 8.66. The van der Waals surface area contributed by atoms with Crippen LogP contribution in [0, 0.1) is 0 Å². The number of carbonyl (C=O) groups excluding carboxylic acids is 1. The SMILES string of the molecule is O=C1N(c2ccc(Cl)c(Cl)c2)CC2COCCN12. The molecule has 4 nitrogen and oxygen atoms in total. The van der Waals surface area contributed by atoms with E-state index in [1.807, 2.05) is 11.0 Å². The molecule has 1 atom stereocenters. The van der Waals surface area contributed by atoms with Crippen LogP contribution in [0.25, 0.3) is 0 Å². The fourth-order valence-corrected chi connectivity index (χ4v) is 2.66. The van der Waals surface area contributed by atoms with Gasteiger partial charge in [-0.25, -0.2) is 4.79 Å². The van der Waals surface area contributed by atoms with Crippen LogP contribution in [0.5, 0.6) is 0 Å². The molecule has 1 aromatic carbocycles. The predicted octanol–water partition coefficient (Wildman–Crippen LogP) is 2.63. The van der Waals surface area contributed by atoms with Gasteiger partial charge in [-0.05, 0) is 18.2 Å². The molecule has 2 aliphatic heterocycles. The van der Waals surface area contributed by atoms with Crippen molar-refractivity contribution in [3.63, 3.8) is 0 Å². The highest BCUT2D eigenvalue weighted by molar-refractivity contribution is 6.42. The first kappa shape index (κ1) is 12.1. The minimum absolute atomic E-state index is 0.0155. The van der Waals surface area contributed by atoms with Crippen LogP contribution < -0.4 is 4.90 Å². The number of hydrogen-bond donors (Lipinski definition) is 0. The number of carbonyl (C=O) groups is 1. The van der Waals surface area contributed by atoms with Crippen molar-refractivity contribution in [2.75, 3.05) is 31.2 Å². The van der Waals surface area contributed by atoms with Gasteiger partial charge >= 0.3 is 6.03 Å². The lowest BCUT2D eigenvalue weighted by Crippen LogP contribution is -2.43. The average molecular weight is 287 g/mol. The van der Waals surface area contributed by atoms with Gasteiger partial charge in [-0.1, -0.05) is 23.2 Å². The molecule has 0 aromatic heterocycles. The lowest BCUT2D eigenvalue weighted by atomic mass is 10.2. The van der Waals surface area contributed by atoms with Gasteiger partial charge < -0.3 is 9.64 Å². The largest absolute Gasteiger partial charge is 0.377 e. The molecule has 0 N–H and O–H groups in total. The van der Waals surface area contributed by atoms with Crippen LogP contribution in [-0.2, 0) is 4.74 Å². The van der Waals surface area contributed by atoms with E-state index in [1.165, 1.54) is 0 Å². The summed E-state index contributed by atoms with van der Waals surface area (Å²) >= 11 is 11.9. The van der Waals surface area contributed by atoms with Crippen LogP contribution in [0.4, 0.5) is 10.5 Å². The summed E-state index contributed by atoms with van der Waals surface area (Å²) in [4.78, 5) is 15.8. The van der Waals surface area contributed by atoms with Crippen molar-refractivity contribution in [3.05, 3.63) is 28.2 Å². The monoisotopic (exact) mass is 286 g/mol. The third kappa shape index (κ3) is 1.94. The molecule has 0 saturated carbocycles. The zero-order valence-corrected chi connectivity index (χ0v) is 11.1. The third-order valence-electron chi connectivity index (χ3n) is 3.31. The molecule has 2 aliphatic rings. The van der Waals surface area contributed by atoms with E-state index in [2.05, 4.69) is 0 Å². The Morgan fingerprint density at radius 3 is 2.83 bits per heavy atom. The molecule has 2 heterocycles. The summed E-state index contributed by atoms with van der Waals surface area (Å²) in [5.41, 5.74) is 0.781. The number of anilines is 1. The third-order valence-corrected chi connectivity index (χ3v) is 4.05. The molecule has 18 heavy (non-hydrogen) atoms. The van der Waals surface area contributed by atoms with E-state index in [0.717, 1.165) is 5.69 Å². The van der Waals surface area contributed by atoms with E-state index >= 15 is 0 Å². The summed E-state index contributed by atoms with van der Waals surface area (Å²) in [7, 11) is 0. The lowest BCUT2D eigenvalue weighted by molar-refractivity contribution is 0.0300. The summed E-state index contributed by atoms with van der Waals surface area (Å²) in [6, 6.07) is 5.40. The van der Waals surface area contributed by atoms with E-state index in [1.54, 1.807) is 17.0 Å².